The van der Waals surface area contributed by atoms with Gasteiger partial charge in [-0.25, -0.2) is 0 Å². The highest BCUT2D eigenvalue weighted by Crippen LogP contribution is 2.33. The van der Waals surface area contributed by atoms with E-state index in [2.05, 4.69) is 18.9 Å². The van der Waals surface area contributed by atoms with Gasteiger partial charge in [-0.05, 0) is 38.6 Å². The van der Waals surface area contributed by atoms with E-state index >= 15 is 0 Å². The van der Waals surface area contributed by atoms with Gasteiger partial charge in [0.2, 0.25) is 0 Å². The van der Waals surface area contributed by atoms with E-state index in [9.17, 15) is 5.11 Å². The fraction of sp³-hybridized carbons (Fsp3) is 1.00. The smallest absolute Gasteiger partial charge is 0.0501 e. The zero-order chi connectivity index (χ0) is 13.0. The van der Waals surface area contributed by atoms with Crippen LogP contribution in [-0.2, 0) is 4.74 Å². The van der Waals surface area contributed by atoms with Crippen LogP contribution in [-0.4, -0.2) is 49.5 Å². The van der Waals surface area contributed by atoms with Crippen molar-refractivity contribution in [3.05, 3.63) is 0 Å². The average Bonchev–Trinajstić information content (AvgIpc) is 2.40. The minimum atomic E-state index is 0.0910. The third kappa shape index (κ3) is 3.46. The monoisotopic (exact) mass is 255 g/mol. The van der Waals surface area contributed by atoms with E-state index in [0.717, 1.165) is 44.6 Å². The molecule has 0 spiro atoms. The lowest BCUT2D eigenvalue weighted by Crippen LogP contribution is -2.47. The van der Waals surface area contributed by atoms with Crippen molar-refractivity contribution in [3.63, 3.8) is 0 Å². The first-order valence-electron chi connectivity index (χ1n) is 7.54. The minimum Gasteiger partial charge on any atom is -0.396 e. The number of ether oxygens (including phenoxy) is 1. The Bertz CT molecular complexity index is 251. The number of nitrogens with zero attached hydrogens (tertiary/aromatic N) is 1. The molecule has 1 aliphatic heterocycles. The molecule has 0 bridgehead atoms. The van der Waals surface area contributed by atoms with Crippen LogP contribution in [0.25, 0.3) is 0 Å². The van der Waals surface area contributed by atoms with Crippen LogP contribution in [0.1, 0.15) is 45.4 Å². The normalized spacial score (nSPS) is 32.7. The Morgan fingerprint density at radius 1 is 1.28 bits per heavy atom. The molecule has 1 aliphatic carbocycles. The summed E-state index contributed by atoms with van der Waals surface area (Å²) in [6, 6.07) is 0.722. The Labute approximate surface area is 112 Å². The molecule has 2 rings (SSSR count). The van der Waals surface area contributed by atoms with E-state index < -0.39 is 0 Å². The van der Waals surface area contributed by atoms with Crippen LogP contribution >= 0.6 is 0 Å². The largest absolute Gasteiger partial charge is 0.396 e. The van der Waals surface area contributed by atoms with Gasteiger partial charge in [0.25, 0.3) is 0 Å². The topological polar surface area (TPSA) is 32.7 Å². The summed E-state index contributed by atoms with van der Waals surface area (Å²) in [6.07, 6.45) is 7.44. The third-order valence-electron chi connectivity index (χ3n) is 5.01. The van der Waals surface area contributed by atoms with Crippen LogP contribution in [0.4, 0.5) is 0 Å². The Balaban J connectivity index is 1.89. The predicted molar refractivity (Wildman–Crippen MR) is 73.6 cm³/mol. The summed E-state index contributed by atoms with van der Waals surface area (Å²) in [5.74, 6) is 0.867. The highest BCUT2D eigenvalue weighted by Gasteiger charge is 2.35. The number of hydrogen-bond acceptors (Lipinski definition) is 3. The molecule has 3 nitrogen and oxygen atoms in total. The Kier molecular flexibility index (Phi) is 5.05. The Morgan fingerprint density at radius 3 is 2.61 bits per heavy atom. The summed E-state index contributed by atoms with van der Waals surface area (Å²) in [5, 5.41) is 9.76. The molecule has 3 heteroatoms. The number of aliphatic hydroxyl groups excluding tert-OH is 1. The SMILES string of the molecule is CC1CCCC(N(C)CC2(CO)CCOCC2)C1. The summed E-state index contributed by atoms with van der Waals surface area (Å²) in [6.45, 7) is 5.34. The highest BCUT2D eigenvalue weighted by molar-refractivity contribution is 4.87. The zero-order valence-electron chi connectivity index (χ0n) is 12.0. The van der Waals surface area contributed by atoms with E-state index in [1.165, 1.54) is 25.7 Å². The predicted octanol–water partition coefficient (Wildman–Crippen LogP) is 2.29. The molecule has 2 fully saturated rings. The lowest BCUT2D eigenvalue weighted by molar-refractivity contribution is -0.0394. The van der Waals surface area contributed by atoms with Gasteiger partial charge in [0.05, 0.1) is 6.61 Å². The summed E-state index contributed by atoms with van der Waals surface area (Å²) in [5.41, 5.74) is 0.0910. The summed E-state index contributed by atoms with van der Waals surface area (Å²) in [7, 11) is 2.25. The first-order chi connectivity index (χ1) is 8.65. The molecular weight excluding hydrogens is 226 g/mol. The minimum absolute atomic E-state index is 0.0910. The van der Waals surface area contributed by atoms with Gasteiger partial charge in [0.1, 0.15) is 0 Å². The van der Waals surface area contributed by atoms with Crippen LogP contribution in [0.15, 0.2) is 0 Å². The fourth-order valence-electron chi connectivity index (χ4n) is 3.63. The lowest BCUT2D eigenvalue weighted by Gasteiger charge is -2.42. The van der Waals surface area contributed by atoms with Crippen LogP contribution in [0.2, 0.25) is 0 Å². The summed E-state index contributed by atoms with van der Waals surface area (Å²) in [4.78, 5) is 2.51. The molecular formula is C15H29NO2. The van der Waals surface area contributed by atoms with Crippen molar-refractivity contribution in [1.82, 2.24) is 4.90 Å². The molecule has 0 aromatic carbocycles. The van der Waals surface area contributed by atoms with Gasteiger partial charge in [0.15, 0.2) is 0 Å². The molecule has 0 aromatic rings. The van der Waals surface area contributed by atoms with E-state index in [1.807, 2.05) is 0 Å². The van der Waals surface area contributed by atoms with Gasteiger partial charge in [-0.2, -0.15) is 0 Å². The van der Waals surface area contributed by atoms with Gasteiger partial charge in [-0.1, -0.05) is 19.8 Å². The molecule has 0 radical (unpaired) electrons. The van der Waals surface area contributed by atoms with Crippen molar-refractivity contribution in [3.8, 4) is 0 Å². The van der Waals surface area contributed by atoms with Crippen molar-refractivity contribution >= 4 is 0 Å². The second-order valence-electron chi connectivity index (χ2n) is 6.61. The van der Waals surface area contributed by atoms with Crippen molar-refractivity contribution in [2.75, 3.05) is 33.4 Å². The van der Waals surface area contributed by atoms with Crippen LogP contribution in [0, 0.1) is 11.3 Å². The maximum atomic E-state index is 9.76. The van der Waals surface area contributed by atoms with E-state index in [4.69, 9.17) is 4.74 Å². The number of hydrogen-bond donors (Lipinski definition) is 1. The molecule has 2 aliphatic rings. The van der Waals surface area contributed by atoms with Gasteiger partial charge in [-0.3, -0.25) is 0 Å². The molecule has 106 valence electrons. The molecule has 2 unspecified atom stereocenters. The molecule has 1 heterocycles. The fourth-order valence-corrected chi connectivity index (χ4v) is 3.63. The van der Waals surface area contributed by atoms with E-state index in [1.54, 1.807) is 0 Å². The first-order valence-corrected chi connectivity index (χ1v) is 7.54. The van der Waals surface area contributed by atoms with Gasteiger partial charge in [-0.15, -0.1) is 0 Å². The number of rotatable bonds is 4. The van der Waals surface area contributed by atoms with Crippen molar-refractivity contribution in [2.24, 2.45) is 11.3 Å². The van der Waals surface area contributed by atoms with E-state index in [0.29, 0.717) is 6.61 Å². The second-order valence-corrected chi connectivity index (χ2v) is 6.61. The van der Waals surface area contributed by atoms with E-state index in [-0.39, 0.29) is 5.41 Å². The molecule has 0 aromatic heterocycles. The molecule has 1 saturated carbocycles. The van der Waals surface area contributed by atoms with Crippen LogP contribution < -0.4 is 0 Å². The Hall–Kier alpha value is -0.120. The van der Waals surface area contributed by atoms with Crippen molar-refractivity contribution in [1.29, 1.82) is 0 Å². The van der Waals surface area contributed by atoms with Gasteiger partial charge < -0.3 is 14.7 Å². The van der Waals surface area contributed by atoms with Crippen LogP contribution in [0.3, 0.4) is 0 Å². The summed E-state index contributed by atoms with van der Waals surface area (Å²) < 4.78 is 5.44. The maximum absolute atomic E-state index is 9.76. The Morgan fingerprint density at radius 2 is 2.00 bits per heavy atom. The van der Waals surface area contributed by atoms with Gasteiger partial charge >= 0.3 is 0 Å². The standard InChI is InChI=1S/C15H29NO2/c1-13-4-3-5-14(10-13)16(2)11-15(12-17)6-8-18-9-7-15/h13-14,17H,3-12H2,1-2H3. The molecule has 0 amide bonds. The molecule has 1 saturated heterocycles. The lowest BCUT2D eigenvalue weighted by atomic mass is 9.79. The second kappa shape index (κ2) is 6.36. The zero-order valence-corrected chi connectivity index (χ0v) is 12.0. The van der Waals surface area contributed by atoms with Crippen LogP contribution in [0.5, 0.6) is 0 Å². The first kappa shape index (κ1) is 14.3. The maximum Gasteiger partial charge on any atom is 0.0501 e. The molecule has 2 atom stereocenters. The van der Waals surface area contributed by atoms with Gasteiger partial charge in [0, 0.05) is 31.2 Å². The van der Waals surface area contributed by atoms with Crippen molar-refractivity contribution < 1.29 is 9.84 Å². The third-order valence-corrected chi connectivity index (χ3v) is 5.01. The molecule has 18 heavy (non-hydrogen) atoms. The quantitative estimate of drug-likeness (QED) is 0.836. The molecule has 1 N–H and O–H groups in total. The number of aliphatic hydroxyl groups is 1. The highest BCUT2D eigenvalue weighted by atomic mass is 16.5. The average molecular weight is 255 g/mol. The van der Waals surface area contributed by atoms with Crippen molar-refractivity contribution in [2.45, 2.75) is 51.5 Å². The summed E-state index contributed by atoms with van der Waals surface area (Å²) >= 11 is 0.